The van der Waals surface area contributed by atoms with E-state index in [0.717, 1.165) is 13.0 Å². The molecule has 0 saturated carbocycles. The Labute approximate surface area is 83.7 Å². The quantitative estimate of drug-likeness (QED) is 0.791. The summed E-state index contributed by atoms with van der Waals surface area (Å²) >= 11 is 1.68. The summed E-state index contributed by atoms with van der Waals surface area (Å²) in [6.45, 7) is 4.87. The molecule has 2 nitrogen and oxygen atoms in total. The van der Waals surface area contributed by atoms with Crippen LogP contribution in [-0.4, -0.2) is 12.6 Å². The average Bonchev–Trinajstić information content (AvgIpc) is 2.57. The molecule has 2 unspecified atom stereocenters. The van der Waals surface area contributed by atoms with Gasteiger partial charge in [-0.05, 0) is 35.7 Å². The lowest BCUT2D eigenvalue weighted by atomic mass is 10.1. The van der Waals surface area contributed by atoms with Crippen molar-refractivity contribution in [2.45, 2.75) is 32.4 Å². The summed E-state index contributed by atoms with van der Waals surface area (Å²) < 4.78 is 5.68. The molecule has 2 atom stereocenters. The summed E-state index contributed by atoms with van der Waals surface area (Å²) in [6.07, 6.45) is 1.10. The van der Waals surface area contributed by atoms with Crippen molar-refractivity contribution in [2.24, 2.45) is 5.73 Å². The molecule has 0 aromatic carbocycles. The first-order valence-corrected chi connectivity index (χ1v) is 5.59. The highest BCUT2D eigenvalue weighted by molar-refractivity contribution is 7.07. The predicted octanol–water partition coefficient (Wildman–Crippen LogP) is 2.56. The Morgan fingerprint density at radius 1 is 1.62 bits per heavy atom. The first-order chi connectivity index (χ1) is 6.25. The van der Waals surface area contributed by atoms with Crippen LogP contribution in [0.25, 0.3) is 0 Å². The van der Waals surface area contributed by atoms with E-state index in [2.05, 4.69) is 23.8 Å². The van der Waals surface area contributed by atoms with E-state index in [4.69, 9.17) is 10.5 Å². The molecule has 1 rings (SSSR count). The maximum Gasteiger partial charge on any atom is 0.0980 e. The largest absolute Gasteiger partial charge is 0.372 e. The van der Waals surface area contributed by atoms with Crippen molar-refractivity contribution in [3.63, 3.8) is 0 Å². The molecule has 1 aromatic heterocycles. The van der Waals surface area contributed by atoms with Gasteiger partial charge in [0, 0.05) is 12.6 Å². The van der Waals surface area contributed by atoms with Crippen molar-refractivity contribution in [1.82, 2.24) is 0 Å². The number of rotatable bonds is 5. The van der Waals surface area contributed by atoms with E-state index in [9.17, 15) is 0 Å². The molecular weight excluding hydrogens is 182 g/mol. The lowest BCUT2D eigenvalue weighted by molar-refractivity contribution is 0.0390. The lowest BCUT2D eigenvalue weighted by Crippen LogP contribution is -2.26. The van der Waals surface area contributed by atoms with E-state index < -0.39 is 0 Å². The molecule has 0 fully saturated rings. The third-order valence-corrected chi connectivity index (χ3v) is 2.55. The van der Waals surface area contributed by atoms with Gasteiger partial charge in [-0.25, -0.2) is 0 Å². The predicted molar refractivity (Wildman–Crippen MR) is 57.0 cm³/mol. The lowest BCUT2D eigenvalue weighted by Gasteiger charge is -2.20. The van der Waals surface area contributed by atoms with Gasteiger partial charge in [-0.1, -0.05) is 6.92 Å². The van der Waals surface area contributed by atoms with E-state index in [1.54, 1.807) is 11.3 Å². The minimum absolute atomic E-state index is 0.0566. The van der Waals surface area contributed by atoms with Gasteiger partial charge >= 0.3 is 0 Å². The van der Waals surface area contributed by atoms with Crippen molar-refractivity contribution in [3.05, 3.63) is 22.4 Å². The van der Waals surface area contributed by atoms with Crippen LogP contribution < -0.4 is 5.73 Å². The van der Waals surface area contributed by atoms with Crippen LogP contribution in [0.15, 0.2) is 16.8 Å². The van der Waals surface area contributed by atoms with Crippen LogP contribution in [0.5, 0.6) is 0 Å². The smallest absolute Gasteiger partial charge is 0.0980 e. The Kier molecular flexibility index (Phi) is 4.42. The fourth-order valence-corrected chi connectivity index (χ4v) is 1.92. The number of ether oxygens (including phenoxy) is 1. The fourth-order valence-electron chi connectivity index (χ4n) is 1.23. The molecule has 74 valence electrons. The second kappa shape index (κ2) is 5.37. The second-order valence-corrected chi connectivity index (χ2v) is 3.99. The van der Waals surface area contributed by atoms with E-state index in [1.165, 1.54) is 5.56 Å². The molecule has 1 heterocycles. The zero-order chi connectivity index (χ0) is 9.68. The minimum atomic E-state index is 0.0566. The first kappa shape index (κ1) is 10.7. The Bertz CT molecular complexity index is 221. The Morgan fingerprint density at radius 2 is 2.38 bits per heavy atom. The Morgan fingerprint density at radius 3 is 2.85 bits per heavy atom. The maximum absolute atomic E-state index is 5.85. The van der Waals surface area contributed by atoms with Gasteiger partial charge in [-0.3, -0.25) is 0 Å². The van der Waals surface area contributed by atoms with E-state index >= 15 is 0 Å². The third kappa shape index (κ3) is 3.10. The summed E-state index contributed by atoms with van der Waals surface area (Å²) in [5.74, 6) is 0. The topological polar surface area (TPSA) is 35.2 Å². The molecule has 0 aliphatic rings. The van der Waals surface area contributed by atoms with Crippen LogP contribution in [0.2, 0.25) is 0 Å². The van der Waals surface area contributed by atoms with Crippen molar-refractivity contribution in [2.75, 3.05) is 6.61 Å². The van der Waals surface area contributed by atoms with Crippen LogP contribution in [-0.2, 0) is 4.74 Å². The SMILES string of the molecule is CCCOC(c1ccsc1)C(C)N. The van der Waals surface area contributed by atoms with Crippen LogP contribution in [0.3, 0.4) is 0 Å². The average molecular weight is 199 g/mol. The van der Waals surface area contributed by atoms with Crippen LogP contribution in [0.1, 0.15) is 31.9 Å². The Hall–Kier alpha value is -0.380. The monoisotopic (exact) mass is 199 g/mol. The summed E-state index contributed by atoms with van der Waals surface area (Å²) in [5, 5.41) is 4.16. The molecule has 0 spiro atoms. The highest BCUT2D eigenvalue weighted by Crippen LogP contribution is 2.22. The number of hydrogen-bond donors (Lipinski definition) is 1. The number of hydrogen-bond acceptors (Lipinski definition) is 3. The van der Waals surface area contributed by atoms with E-state index in [0.29, 0.717) is 0 Å². The van der Waals surface area contributed by atoms with Gasteiger partial charge in [0.25, 0.3) is 0 Å². The van der Waals surface area contributed by atoms with E-state index in [1.807, 2.05) is 6.92 Å². The Balaban J connectivity index is 2.58. The standard InChI is InChI=1S/C10H17NOS/c1-3-5-12-10(8(2)11)9-4-6-13-7-9/h4,6-8,10H,3,5,11H2,1-2H3. The zero-order valence-electron chi connectivity index (χ0n) is 8.19. The van der Waals surface area contributed by atoms with Gasteiger partial charge in [0.1, 0.15) is 0 Å². The molecule has 0 aliphatic heterocycles. The number of thiophene rings is 1. The van der Waals surface area contributed by atoms with Crippen LogP contribution in [0.4, 0.5) is 0 Å². The second-order valence-electron chi connectivity index (χ2n) is 3.21. The van der Waals surface area contributed by atoms with Crippen molar-refractivity contribution in [1.29, 1.82) is 0 Å². The molecule has 0 saturated heterocycles. The van der Waals surface area contributed by atoms with Crippen molar-refractivity contribution >= 4 is 11.3 Å². The van der Waals surface area contributed by atoms with Crippen LogP contribution >= 0.6 is 11.3 Å². The molecular formula is C10H17NOS. The maximum atomic E-state index is 5.85. The fraction of sp³-hybridized carbons (Fsp3) is 0.600. The van der Waals surface area contributed by atoms with Gasteiger partial charge in [-0.15, -0.1) is 0 Å². The van der Waals surface area contributed by atoms with Gasteiger partial charge in [0.15, 0.2) is 0 Å². The molecule has 0 aliphatic carbocycles. The zero-order valence-corrected chi connectivity index (χ0v) is 9.01. The molecule has 0 bridgehead atoms. The molecule has 0 amide bonds. The highest BCUT2D eigenvalue weighted by Gasteiger charge is 2.16. The summed E-state index contributed by atoms with van der Waals surface area (Å²) in [4.78, 5) is 0. The molecule has 2 N–H and O–H groups in total. The summed E-state index contributed by atoms with van der Waals surface area (Å²) in [7, 11) is 0. The van der Waals surface area contributed by atoms with Crippen molar-refractivity contribution in [3.8, 4) is 0 Å². The molecule has 3 heteroatoms. The molecule has 13 heavy (non-hydrogen) atoms. The summed E-state index contributed by atoms with van der Waals surface area (Å²) in [6, 6.07) is 2.13. The van der Waals surface area contributed by atoms with Gasteiger partial charge in [0.05, 0.1) is 6.10 Å². The molecule has 0 radical (unpaired) electrons. The molecule has 1 aromatic rings. The minimum Gasteiger partial charge on any atom is -0.372 e. The normalized spacial score (nSPS) is 15.6. The van der Waals surface area contributed by atoms with Gasteiger partial charge in [0.2, 0.25) is 0 Å². The van der Waals surface area contributed by atoms with Crippen molar-refractivity contribution < 1.29 is 4.74 Å². The number of nitrogens with two attached hydrogens (primary N) is 1. The third-order valence-electron chi connectivity index (χ3n) is 1.85. The van der Waals surface area contributed by atoms with Crippen LogP contribution in [0, 0.1) is 0 Å². The first-order valence-electron chi connectivity index (χ1n) is 4.65. The van der Waals surface area contributed by atoms with Gasteiger partial charge < -0.3 is 10.5 Å². The summed E-state index contributed by atoms with van der Waals surface area (Å²) in [5.41, 5.74) is 7.05. The van der Waals surface area contributed by atoms with E-state index in [-0.39, 0.29) is 12.1 Å². The highest BCUT2D eigenvalue weighted by atomic mass is 32.1. The van der Waals surface area contributed by atoms with Gasteiger partial charge in [-0.2, -0.15) is 11.3 Å².